The summed E-state index contributed by atoms with van der Waals surface area (Å²) in [7, 11) is 0. The number of thioether (sulfide) groups is 1. The van der Waals surface area contributed by atoms with E-state index in [9.17, 15) is 9.59 Å². The summed E-state index contributed by atoms with van der Waals surface area (Å²) in [5, 5.41) is 21.9. The highest BCUT2D eigenvalue weighted by atomic mass is 32.2. The summed E-state index contributed by atoms with van der Waals surface area (Å²) in [6.45, 7) is 0. The summed E-state index contributed by atoms with van der Waals surface area (Å²) < 4.78 is 0. The van der Waals surface area contributed by atoms with E-state index in [0.717, 1.165) is 21.7 Å². The number of hydrogen-bond acceptors (Lipinski definition) is 6. The molecule has 5 rings (SSSR count). The summed E-state index contributed by atoms with van der Waals surface area (Å²) in [5.74, 6) is 0.350. The van der Waals surface area contributed by atoms with E-state index < -0.39 is 6.04 Å². The van der Waals surface area contributed by atoms with Gasteiger partial charge in [-0.1, -0.05) is 66.8 Å². The minimum Gasteiger partial charge on any atom is -0.327 e. The van der Waals surface area contributed by atoms with Crippen LogP contribution >= 0.6 is 11.8 Å². The number of nitrogens with one attached hydrogen (secondary N) is 4. The zero-order valence-corrected chi connectivity index (χ0v) is 22.5. The van der Waals surface area contributed by atoms with Crippen molar-refractivity contribution in [2.45, 2.75) is 49.0 Å². The van der Waals surface area contributed by atoms with Crippen LogP contribution in [0.4, 0.5) is 16.4 Å². The molecule has 4 N–H and O–H groups in total. The number of benzene rings is 3. The van der Waals surface area contributed by atoms with Gasteiger partial charge in [0.1, 0.15) is 0 Å². The number of hydrogen-bond donors (Lipinski definition) is 4. The Morgan fingerprint density at radius 1 is 0.923 bits per heavy atom. The molecule has 1 fully saturated rings. The summed E-state index contributed by atoms with van der Waals surface area (Å²) in [4.78, 5) is 26.8. The normalized spacial score (nSPS) is 14.4. The second-order valence-corrected chi connectivity index (χ2v) is 10.5. The van der Waals surface area contributed by atoms with Crippen molar-refractivity contribution in [3.63, 3.8) is 0 Å². The minimum absolute atomic E-state index is 0.101. The van der Waals surface area contributed by atoms with Gasteiger partial charge < -0.3 is 10.6 Å². The van der Waals surface area contributed by atoms with Gasteiger partial charge in [0, 0.05) is 16.1 Å². The van der Waals surface area contributed by atoms with Crippen molar-refractivity contribution in [3.05, 3.63) is 95.1 Å². The average Bonchev–Trinajstić information content (AvgIpc) is 3.50. The third-order valence-corrected chi connectivity index (χ3v) is 7.75. The SMILES string of the molecule is CSc1cccc(NC(=O)NC(c2ccc(C(=O)Nc3nn[nH]n3)cc2)c2ccc(C3CCCCC3)cc2)c1. The van der Waals surface area contributed by atoms with Crippen LogP contribution in [0.1, 0.15) is 71.1 Å². The molecule has 3 amide bonds. The molecule has 0 bridgehead atoms. The number of rotatable bonds is 8. The highest BCUT2D eigenvalue weighted by Crippen LogP contribution is 2.33. The van der Waals surface area contributed by atoms with Crippen LogP contribution in [-0.4, -0.2) is 38.8 Å². The lowest BCUT2D eigenvalue weighted by Crippen LogP contribution is -2.33. The van der Waals surface area contributed by atoms with E-state index in [1.807, 2.05) is 42.7 Å². The number of amides is 3. The van der Waals surface area contributed by atoms with Crippen molar-refractivity contribution in [3.8, 4) is 0 Å². The molecule has 39 heavy (non-hydrogen) atoms. The van der Waals surface area contributed by atoms with Gasteiger partial charge in [-0.25, -0.2) is 4.79 Å². The summed E-state index contributed by atoms with van der Waals surface area (Å²) in [6.07, 6.45) is 8.33. The van der Waals surface area contributed by atoms with Crippen molar-refractivity contribution >= 4 is 35.3 Å². The van der Waals surface area contributed by atoms with Crippen LogP contribution < -0.4 is 16.0 Å². The Labute approximate surface area is 231 Å². The van der Waals surface area contributed by atoms with Crippen molar-refractivity contribution in [2.75, 3.05) is 16.9 Å². The molecular formula is C29H31N7O2S. The third kappa shape index (κ3) is 6.83. The smallest absolute Gasteiger partial charge is 0.319 e. The molecule has 0 aliphatic heterocycles. The molecule has 1 aromatic heterocycles. The summed E-state index contributed by atoms with van der Waals surface area (Å²) >= 11 is 1.62. The molecular weight excluding hydrogens is 510 g/mol. The van der Waals surface area contributed by atoms with Crippen molar-refractivity contribution in [1.82, 2.24) is 25.9 Å². The van der Waals surface area contributed by atoms with Gasteiger partial charge >= 0.3 is 6.03 Å². The number of urea groups is 1. The number of aromatic nitrogens is 4. The Morgan fingerprint density at radius 2 is 1.64 bits per heavy atom. The predicted octanol–water partition coefficient (Wildman–Crippen LogP) is 6.13. The molecule has 9 nitrogen and oxygen atoms in total. The maximum atomic E-state index is 13.1. The fourth-order valence-corrected chi connectivity index (χ4v) is 5.43. The molecule has 0 saturated heterocycles. The minimum atomic E-state index is -0.413. The van der Waals surface area contributed by atoms with Gasteiger partial charge in [0.15, 0.2) is 0 Å². The van der Waals surface area contributed by atoms with E-state index in [2.05, 4.69) is 60.8 Å². The third-order valence-electron chi connectivity index (χ3n) is 7.03. The molecule has 3 aromatic carbocycles. The first-order valence-electron chi connectivity index (χ1n) is 13.1. The van der Waals surface area contributed by atoms with Crippen LogP contribution in [-0.2, 0) is 0 Å². The Balaban J connectivity index is 1.36. The molecule has 0 spiro atoms. The largest absolute Gasteiger partial charge is 0.327 e. The number of nitrogens with zero attached hydrogens (tertiary/aromatic N) is 3. The van der Waals surface area contributed by atoms with Gasteiger partial charge in [-0.15, -0.1) is 16.9 Å². The fraction of sp³-hybridized carbons (Fsp3) is 0.276. The highest BCUT2D eigenvalue weighted by Gasteiger charge is 2.20. The quantitative estimate of drug-likeness (QED) is 0.199. The van der Waals surface area contributed by atoms with Gasteiger partial charge in [-0.3, -0.25) is 10.1 Å². The number of tetrazole rings is 1. The van der Waals surface area contributed by atoms with Crippen LogP contribution in [0.15, 0.2) is 77.7 Å². The first kappa shape index (κ1) is 26.4. The fourth-order valence-electron chi connectivity index (χ4n) is 4.97. The van der Waals surface area contributed by atoms with E-state index in [1.54, 1.807) is 23.9 Å². The van der Waals surface area contributed by atoms with Gasteiger partial charge in [-0.05, 0) is 77.3 Å². The van der Waals surface area contributed by atoms with E-state index in [-0.39, 0.29) is 17.9 Å². The molecule has 1 saturated carbocycles. The van der Waals surface area contributed by atoms with Crippen LogP contribution in [0.5, 0.6) is 0 Å². The van der Waals surface area contributed by atoms with Crippen LogP contribution in [0.2, 0.25) is 0 Å². The Kier molecular flexibility index (Phi) is 8.52. The molecule has 1 atom stereocenters. The first-order chi connectivity index (χ1) is 19.1. The Hall–Kier alpha value is -4.18. The van der Waals surface area contributed by atoms with E-state index in [0.29, 0.717) is 11.5 Å². The lowest BCUT2D eigenvalue weighted by atomic mass is 9.83. The second-order valence-electron chi connectivity index (χ2n) is 9.58. The molecule has 1 aliphatic carbocycles. The summed E-state index contributed by atoms with van der Waals surface area (Å²) in [6, 6.07) is 22.7. The Bertz CT molecular complexity index is 1390. The molecule has 1 aliphatic rings. The topological polar surface area (TPSA) is 125 Å². The lowest BCUT2D eigenvalue weighted by Gasteiger charge is -2.24. The lowest BCUT2D eigenvalue weighted by molar-refractivity contribution is 0.102. The number of anilines is 2. The Morgan fingerprint density at radius 3 is 2.31 bits per heavy atom. The number of carbonyl (C=O) groups is 2. The maximum Gasteiger partial charge on any atom is 0.319 e. The zero-order valence-electron chi connectivity index (χ0n) is 21.7. The average molecular weight is 542 g/mol. The van der Waals surface area contributed by atoms with Gasteiger partial charge in [0.25, 0.3) is 11.9 Å². The van der Waals surface area contributed by atoms with Gasteiger partial charge in [0.05, 0.1) is 6.04 Å². The molecule has 1 heterocycles. The second kappa shape index (κ2) is 12.6. The van der Waals surface area contributed by atoms with Crippen molar-refractivity contribution in [2.24, 2.45) is 0 Å². The molecule has 10 heteroatoms. The number of H-pyrrole nitrogens is 1. The predicted molar refractivity (Wildman–Crippen MR) is 153 cm³/mol. The molecule has 0 radical (unpaired) electrons. The zero-order chi connectivity index (χ0) is 27.0. The van der Waals surface area contributed by atoms with Gasteiger partial charge in [0.2, 0.25) is 0 Å². The number of carbonyl (C=O) groups excluding carboxylic acids is 2. The first-order valence-corrected chi connectivity index (χ1v) is 14.3. The maximum absolute atomic E-state index is 13.1. The van der Waals surface area contributed by atoms with E-state index >= 15 is 0 Å². The van der Waals surface area contributed by atoms with Gasteiger partial charge in [-0.2, -0.15) is 5.21 Å². The molecule has 4 aromatic rings. The van der Waals surface area contributed by atoms with E-state index in [4.69, 9.17) is 0 Å². The molecule has 1 unspecified atom stereocenters. The standard InChI is InChI=1S/C29H31N7O2S/c1-39-25-9-5-8-24(18-25)30-29(38)31-26(21-12-10-20(11-13-21)19-6-3-2-4-7-19)22-14-16-23(17-15-22)27(37)32-28-33-35-36-34-28/h5,8-19,26H,2-4,6-7H2,1H3,(H2,30,31,38)(H2,32,33,34,35,36,37). The monoisotopic (exact) mass is 541 g/mol. The van der Waals surface area contributed by atoms with Crippen molar-refractivity contribution in [1.29, 1.82) is 0 Å². The highest BCUT2D eigenvalue weighted by molar-refractivity contribution is 7.98. The van der Waals surface area contributed by atoms with Crippen LogP contribution in [0.3, 0.4) is 0 Å². The number of aromatic amines is 1. The van der Waals surface area contributed by atoms with Crippen LogP contribution in [0.25, 0.3) is 0 Å². The molecule has 200 valence electrons. The van der Waals surface area contributed by atoms with Crippen molar-refractivity contribution < 1.29 is 9.59 Å². The summed E-state index contributed by atoms with van der Waals surface area (Å²) in [5.41, 5.74) is 4.33. The van der Waals surface area contributed by atoms with Crippen LogP contribution in [0, 0.1) is 0 Å². The van der Waals surface area contributed by atoms with E-state index in [1.165, 1.54) is 37.7 Å².